The van der Waals surface area contributed by atoms with E-state index in [0.717, 1.165) is 25.4 Å². The van der Waals surface area contributed by atoms with E-state index in [1.807, 2.05) is 29.3 Å². The number of rotatable bonds is 9. The summed E-state index contributed by atoms with van der Waals surface area (Å²) in [7, 11) is 1.69. The predicted octanol–water partition coefficient (Wildman–Crippen LogP) is 5.18. The Bertz CT molecular complexity index is 1070. The summed E-state index contributed by atoms with van der Waals surface area (Å²) in [5, 5.41) is 0. The molecule has 34 heavy (non-hydrogen) atoms. The fraction of sp³-hybridized carbons (Fsp3) is 0.393. The summed E-state index contributed by atoms with van der Waals surface area (Å²) in [4.78, 5) is 21.1. The van der Waals surface area contributed by atoms with Gasteiger partial charge in [0.2, 0.25) is 0 Å². The highest BCUT2D eigenvalue weighted by molar-refractivity contribution is 5.94. The number of aromatic nitrogens is 1. The molecular formula is C28H34FN3O2. The Kier molecular flexibility index (Phi) is 7.68. The summed E-state index contributed by atoms with van der Waals surface area (Å²) < 4.78 is 18.9. The highest BCUT2D eigenvalue weighted by Gasteiger charge is 2.36. The molecule has 2 heterocycles. The summed E-state index contributed by atoms with van der Waals surface area (Å²) in [6.45, 7) is 8.21. The smallest absolute Gasteiger partial charge is 0.253 e. The van der Waals surface area contributed by atoms with E-state index in [9.17, 15) is 9.18 Å². The van der Waals surface area contributed by atoms with Gasteiger partial charge in [-0.05, 0) is 65.9 Å². The maximum Gasteiger partial charge on any atom is 0.253 e. The van der Waals surface area contributed by atoms with Gasteiger partial charge in [0.15, 0.2) is 0 Å². The molecule has 2 aromatic carbocycles. The van der Waals surface area contributed by atoms with Gasteiger partial charge in [-0.15, -0.1) is 0 Å². The van der Waals surface area contributed by atoms with Crippen LogP contribution in [0.25, 0.3) is 0 Å². The zero-order valence-corrected chi connectivity index (χ0v) is 20.2. The van der Waals surface area contributed by atoms with Crippen molar-refractivity contribution in [1.82, 2.24) is 14.8 Å². The second-order valence-corrected chi connectivity index (χ2v) is 9.64. The zero-order valence-electron chi connectivity index (χ0n) is 20.2. The number of H-pyrrole nitrogens is 1. The highest BCUT2D eigenvalue weighted by atomic mass is 19.1. The summed E-state index contributed by atoms with van der Waals surface area (Å²) in [6, 6.07) is 18.3. The number of carbonyl (C=O) groups is 1. The molecule has 3 aromatic rings. The number of hydrogen-bond donors (Lipinski definition) is 1. The van der Waals surface area contributed by atoms with E-state index < -0.39 is 0 Å². The first kappa shape index (κ1) is 24.0. The van der Waals surface area contributed by atoms with Crippen molar-refractivity contribution in [2.24, 2.45) is 11.8 Å². The van der Waals surface area contributed by atoms with Gasteiger partial charge in [-0.1, -0.05) is 26.0 Å². The zero-order chi connectivity index (χ0) is 24.1. The van der Waals surface area contributed by atoms with Gasteiger partial charge in [-0.25, -0.2) is 4.39 Å². The third kappa shape index (κ3) is 5.86. The van der Waals surface area contributed by atoms with E-state index in [1.54, 1.807) is 19.2 Å². The molecule has 1 aromatic heterocycles. The number of nitrogens with zero attached hydrogens (tertiary/aromatic N) is 2. The van der Waals surface area contributed by atoms with Crippen LogP contribution in [0.2, 0.25) is 0 Å². The molecule has 1 saturated heterocycles. The first-order chi connectivity index (χ1) is 16.4. The number of hydrogen-bond acceptors (Lipinski definition) is 3. The molecule has 0 radical (unpaired) electrons. The van der Waals surface area contributed by atoms with Gasteiger partial charge < -0.3 is 14.6 Å². The van der Waals surface area contributed by atoms with Crippen LogP contribution in [0.5, 0.6) is 5.75 Å². The molecule has 0 aliphatic carbocycles. The summed E-state index contributed by atoms with van der Waals surface area (Å²) in [5.41, 5.74) is 2.95. The lowest BCUT2D eigenvalue weighted by Gasteiger charge is -2.30. The molecule has 1 fully saturated rings. The van der Waals surface area contributed by atoms with E-state index in [1.165, 1.54) is 23.4 Å². The largest absolute Gasteiger partial charge is 0.497 e. The number of amides is 1. The first-order valence-electron chi connectivity index (χ1n) is 12.0. The van der Waals surface area contributed by atoms with Crippen molar-refractivity contribution in [1.29, 1.82) is 0 Å². The van der Waals surface area contributed by atoms with E-state index in [-0.39, 0.29) is 23.6 Å². The van der Waals surface area contributed by atoms with Crippen LogP contribution in [0.3, 0.4) is 0 Å². The average Bonchev–Trinajstić information content (AvgIpc) is 3.48. The van der Waals surface area contributed by atoms with Crippen LogP contribution in [0.1, 0.15) is 41.4 Å². The quantitative estimate of drug-likeness (QED) is 0.476. The van der Waals surface area contributed by atoms with E-state index in [0.29, 0.717) is 24.6 Å². The van der Waals surface area contributed by atoms with Crippen LogP contribution >= 0.6 is 0 Å². The molecule has 0 saturated carbocycles. The van der Waals surface area contributed by atoms with Gasteiger partial charge in [0, 0.05) is 56.1 Å². The minimum absolute atomic E-state index is 0.0408. The van der Waals surface area contributed by atoms with Crippen molar-refractivity contribution in [2.45, 2.75) is 26.3 Å². The number of carbonyl (C=O) groups excluding carboxylic acids is 1. The first-order valence-corrected chi connectivity index (χ1v) is 12.0. The lowest BCUT2D eigenvalue weighted by atomic mass is 9.88. The number of likely N-dealkylation sites (tertiary alicyclic amines) is 1. The molecule has 1 amide bonds. The summed E-state index contributed by atoms with van der Waals surface area (Å²) in [5.74, 6) is 1.35. The topological polar surface area (TPSA) is 48.6 Å². The Balaban J connectivity index is 1.59. The Morgan fingerprint density at radius 3 is 2.62 bits per heavy atom. The molecule has 6 heteroatoms. The Morgan fingerprint density at radius 1 is 1.15 bits per heavy atom. The molecule has 180 valence electrons. The van der Waals surface area contributed by atoms with Crippen LogP contribution in [0, 0.1) is 17.7 Å². The molecule has 5 nitrogen and oxygen atoms in total. The number of halogens is 1. The molecule has 1 aliphatic rings. The molecule has 0 bridgehead atoms. The van der Waals surface area contributed by atoms with Gasteiger partial charge in [-0.3, -0.25) is 9.69 Å². The normalized spacial score (nSPS) is 18.4. The van der Waals surface area contributed by atoms with Crippen LogP contribution in [-0.4, -0.2) is 54.0 Å². The highest BCUT2D eigenvalue weighted by Crippen LogP contribution is 2.35. The van der Waals surface area contributed by atoms with Crippen LogP contribution in [0.15, 0.2) is 66.9 Å². The lowest BCUT2D eigenvalue weighted by molar-refractivity contribution is 0.0703. The van der Waals surface area contributed by atoms with Gasteiger partial charge in [-0.2, -0.15) is 0 Å². The van der Waals surface area contributed by atoms with E-state index >= 15 is 0 Å². The van der Waals surface area contributed by atoms with Gasteiger partial charge in [0.05, 0.1) is 7.11 Å². The maximum absolute atomic E-state index is 13.4. The number of aromatic amines is 1. The van der Waals surface area contributed by atoms with Crippen molar-refractivity contribution in [3.8, 4) is 5.75 Å². The molecular weight excluding hydrogens is 429 g/mol. The number of nitrogens with one attached hydrogen (secondary N) is 1. The summed E-state index contributed by atoms with van der Waals surface area (Å²) in [6.07, 6.45) is 1.95. The number of ether oxygens (including phenoxy) is 1. The third-order valence-corrected chi connectivity index (χ3v) is 6.51. The minimum atomic E-state index is -0.333. The number of methoxy groups -OCH3 is 1. The monoisotopic (exact) mass is 463 g/mol. The van der Waals surface area contributed by atoms with Crippen molar-refractivity contribution < 1.29 is 13.9 Å². The SMILES string of the molecule is COc1cccc([C@H]2CN(Cc3ccc[nH]3)C[C@@H]2CN(CC(C)C)C(=O)c2ccc(F)cc2)c1. The molecule has 1 aliphatic heterocycles. The van der Waals surface area contributed by atoms with Crippen molar-refractivity contribution >= 4 is 5.91 Å². The van der Waals surface area contributed by atoms with Gasteiger partial charge in [0.1, 0.15) is 11.6 Å². The predicted molar refractivity (Wildman–Crippen MR) is 132 cm³/mol. The van der Waals surface area contributed by atoms with Crippen LogP contribution in [-0.2, 0) is 6.54 Å². The maximum atomic E-state index is 13.4. The second kappa shape index (κ2) is 10.9. The van der Waals surface area contributed by atoms with Crippen LogP contribution in [0.4, 0.5) is 4.39 Å². The molecule has 2 atom stereocenters. The van der Waals surface area contributed by atoms with Gasteiger partial charge >= 0.3 is 0 Å². The summed E-state index contributed by atoms with van der Waals surface area (Å²) >= 11 is 0. The van der Waals surface area contributed by atoms with Crippen molar-refractivity contribution in [3.05, 3.63) is 89.5 Å². The molecule has 1 N–H and O–H groups in total. The van der Waals surface area contributed by atoms with E-state index in [4.69, 9.17) is 4.74 Å². The van der Waals surface area contributed by atoms with Crippen LogP contribution < -0.4 is 4.74 Å². The molecule has 4 rings (SSSR count). The number of benzene rings is 2. The third-order valence-electron chi connectivity index (χ3n) is 6.51. The fourth-order valence-corrected chi connectivity index (χ4v) is 4.97. The Hall–Kier alpha value is -3.12. The second-order valence-electron chi connectivity index (χ2n) is 9.64. The average molecular weight is 464 g/mol. The van der Waals surface area contributed by atoms with Crippen molar-refractivity contribution in [2.75, 3.05) is 33.3 Å². The standard InChI is InChI=1S/C28H34FN3O2/c1-20(2)15-32(28(33)21-9-11-24(29)12-10-21)17-23-16-31(18-25-7-5-13-30-25)19-27(23)22-6-4-8-26(14-22)34-3/h4-14,20,23,27,30H,15-19H2,1-3H3/t23-,27-/m1/s1. The van der Waals surface area contributed by atoms with E-state index in [2.05, 4.69) is 41.9 Å². The fourth-order valence-electron chi connectivity index (χ4n) is 4.97. The molecule has 0 unspecified atom stereocenters. The Labute approximate surface area is 201 Å². The molecule has 0 spiro atoms. The lowest BCUT2D eigenvalue weighted by Crippen LogP contribution is -2.39. The minimum Gasteiger partial charge on any atom is -0.497 e. The van der Waals surface area contributed by atoms with Crippen molar-refractivity contribution in [3.63, 3.8) is 0 Å². The van der Waals surface area contributed by atoms with Gasteiger partial charge in [0.25, 0.3) is 5.91 Å². The Morgan fingerprint density at radius 2 is 1.94 bits per heavy atom.